The monoisotopic (exact) mass is 1480 g/mol. The van der Waals surface area contributed by atoms with Crippen LogP contribution in [0.3, 0.4) is 0 Å². The highest BCUT2D eigenvalue weighted by Crippen LogP contribution is 2.46. The van der Waals surface area contributed by atoms with Gasteiger partial charge in [0.15, 0.2) is 72.4 Å². The van der Waals surface area contributed by atoms with Crippen molar-refractivity contribution in [3.05, 3.63) is 218 Å². The van der Waals surface area contributed by atoms with E-state index in [0.717, 1.165) is 11.1 Å². The maximum atomic E-state index is 12.1. The maximum absolute atomic E-state index is 12.1. The van der Waals surface area contributed by atoms with E-state index in [1.807, 2.05) is 39.8 Å². The Kier molecular flexibility index (Phi) is 29.1. The van der Waals surface area contributed by atoms with Gasteiger partial charge in [-0.25, -0.2) is 28.8 Å². The molecule has 0 saturated heterocycles. The maximum Gasteiger partial charge on any atom is 0.361 e. The topological polar surface area (TPSA) is 305 Å². The molecule has 4 heterocycles. The summed E-state index contributed by atoms with van der Waals surface area (Å²) >= 11 is 0. The number of carbonyl (C=O) groups is 6. The van der Waals surface area contributed by atoms with Gasteiger partial charge in [0.1, 0.15) is 34.5 Å². The number of esters is 6. The summed E-state index contributed by atoms with van der Waals surface area (Å²) in [6.07, 6.45) is 3.44. The Morgan fingerprint density at radius 1 is 0.315 bits per heavy atom. The fourth-order valence-electron chi connectivity index (χ4n) is 9.04. The van der Waals surface area contributed by atoms with Gasteiger partial charge in [-0.3, -0.25) is 0 Å². The van der Waals surface area contributed by atoms with Crippen LogP contribution in [0.1, 0.15) is 52.7 Å². The fraction of sp³-hybridized carbons (Fsp3) is 0.225. The van der Waals surface area contributed by atoms with Gasteiger partial charge in [-0.05, 0) is 174 Å². The van der Waals surface area contributed by atoms with Crippen LogP contribution in [0, 0.1) is 0 Å². The molecule has 0 amide bonds. The molecule has 8 aromatic carbocycles. The lowest BCUT2D eigenvalue weighted by Gasteiger charge is -2.10. The molecule has 0 aromatic heterocycles. The third-order valence-corrected chi connectivity index (χ3v) is 14.0. The van der Waals surface area contributed by atoms with Gasteiger partial charge in [-0.15, -0.1) is 0 Å². The summed E-state index contributed by atoms with van der Waals surface area (Å²) < 4.78 is 118. The molecule has 0 saturated carbocycles. The van der Waals surface area contributed by atoms with E-state index in [-0.39, 0.29) is 49.2 Å². The average molecular weight is 1490 g/mol. The van der Waals surface area contributed by atoms with Crippen LogP contribution in [0.15, 0.2) is 207 Å². The van der Waals surface area contributed by atoms with Gasteiger partial charge in [0.05, 0.1) is 26.4 Å². The minimum absolute atomic E-state index is 0.209. The summed E-state index contributed by atoms with van der Waals surface area (Å²) in [7, 11) is 0. The molecule has 0 fully saturated rings. The molecule has 4 unspecified atom stereocenters. The number of carbonyl (C=O) groups excluding carboxylic acids is 6. The first-order chi connectivity index (χ1) is 52.3. The Labute approximate surface area is 620 Å². The van der Waals surface area contributed by atoms with Gasteiger partial charge in [0.25, 0.3) is 0 Å². The predicted molar refractivity (Wildman–Crippen MR) is 384 cm³/mol. The van der Waals surface area contributed by atoms with Crippen LogP contribution in [0.2, 0.25) is 0 Å². The Balaban J connectivity index is 0.000000167. The Bertz CT molecular complexity index is 4440. The number of rotatable bonds is 30. The molecule has 0 spiro atoms. The second kappa shape index (κ2) is 39.7. The molecule has 28 nitrogen and oxygen atoms in total. The van der Waals surface area contributed by atoms with E-state index in [4.69, 9.17) is 104 Å². The lowest BCUT2D eigenvalue weighted by molar-refractivity contribution is -0.174. The number of para-hydroxylation sites is 4. The zero-order valence-electron chi connectivity index (χ0n) is 59.5. The highest BCUT2D eigenvalue weighted by Gasteiger charge is 2.33. The molecule has 0 bridgehead atoms. The molecule has 4 aliphatic rings. The van der Waals surface area contributed by atoms with Gasteiger partial charge >= 0.3 is 61.7 Å². The fourth-order valence-corrected chi connectivity index (χ4v) is 9.04. The highest BCUT2D eigenvalue weighted by atomic mass is 16.9. The third-order valence-electron chi connectivity index (χ3n) is 14.0. The molecule has 28 heteroatoms. The van der Waals surface area contributed by atoms with Crippen molar-refractivity contribution in [2.45, 2.75) is 67.4 Å². The van der Waals surface area contributed by atoms with E-state index in [2.05, 4.69) is 26.3 Å². The lowest BCUT2D eigenvalue weighted by Crippen LogP contribution is -2.22. The van der Waals surface area contributed by atoms with Crippen molar-refractivity contribution in [2.75, 3.05) is 52.9 Å². The zero-order valence-corrected chi connectivity index (χ0v) is 59.5. The molecular formula is C80H76O28. The molecule has 0 aliphatic carbocycles. The zero-order chi connectivity index (χ0) is 76.9. The van der Waals surface area contributed by atoms with Crippen LogP contribution in [-0.2, 0) is 47.7 Å². The van der Waals surface area contributed by atoms with Crippen molar-refractivity contribution in [3.8, 4) is 103 Å². The van der Waals surface area contributed by atoms with Crippen molar-refractivity contribution >= 4 is 48.0 Å². The van der Waals surface area contributed by atoms with Crippen LogP contribution in [0.25, 0.3) is 12.2 Å². The average Bonchev–Trinajstić information content (AvgIpc) is 1.69. The van der Waals surface area contributed by atoms with Crippen LogP contribution < -0.4 is 85.3 Å². The molecule has 564 valence electrons. The van der Waals surface area contributed by atoms with Crippen LogP contribution in [0.5, 0.6) is 103 Å². The lowest BCUT2D eigenvalue weighted by atomic mass is 10.2. The van der Waals surface area contributed by atoms with Crippen molar-refractivity contribution in [1.29, 1.82) is 0 Å². The number of hydrogen-bond acceptors (Lipinski definition) is 28. The molecule has 12 rings (SSSR count). The molecule has 108 heavy (non-hydrogen) atoms. The van der Waals surface area contributed by atoms with E-state index < -0.39 is 61.7 Å². The molecule has 0 N–H and O–H groups in total. The van der Waals surface area contributed by atoms with Crippen molar-refractivity contribution in [2.24, 2.45) is 0 Å². The predicted octanol–water partition coefficient (Wildman–Crippen LogP) is 13.3. The van der Waals surface area contributed by atoms with Gasteiger partial charge in [-0.1, -0.05) is 87.0 Å². The number of benzene rings is 8. The highest BCUT2D eigenvalue weighted by molar-refractivity contribution is 5.89. The Hall–Kier alpha value is -13.0. The number of ether oxygens (including phenoxy) is 22. The third kappa shape index (κ3) is 23.5. The van der Waals surface area contributed by atoms with E-state index in [0.29, 0.717) is 118 Å². The van der Waals surface area contributed by atoms with E-state index >= 15 is 0 Å². The summed E-state index contributed by atoms with van der Waals surface area (Å²) in [5, 5.41) is 0. The first kappa shape index (κ1) is 79.1. The van der Waals surface area contributed by atoms with Crippen molar-refractivity contribution in [1.82, 2.24) is 0 Å². The summed E-state index contributed by atoms with van der Waals surface area (Å²) in [6, 6.07) is 46.6. The molecule has 4 aliphatic heterocycles. The molecule has 8 aromatic rings. The van der Waals surface area contributed by atoms with E-state index in [1.165, 1.54) is 24.3 Å². The Morgan fingerprint density at radius 3 is 0.861 bits per heavy atom. The van der Waals surface area contributed by atoms with Gasteiger partial charge < -0.3 is 104 Å². The van der Waals surface area contributed by atoms with E-state index in [1.54, 1.807) is 159 Å². The SMILES string of the molecule is C=C(C)C(=O)Oc1ccc(OC(=O)COc2cccc3c2OC(OCC)O3)cc1.C=C(C)C(=O)Oc1ccc(OCC(=O)Oc2cccc3c2OC(OCC)O3)cc1.C=Cc1ccc(OC(=O)COc2cccc3c2OC(OCC)O3)cc1.C=Cc1ccc(OCC(=O)Oc2cccc3c2OC(OCC)O3)cc1. The number of fused-ring (bicyclic) bond motifs is 4. The van der Waals surface area contributed by atoms with E-state index in [9.17, 15) is 28.8 Å². The summed E-state index contributed by atoms with van der Waals surface area (Å²) in [5.41, 5.74) is 2.49. The first-order valence-corrected chi connectivity index (χ1v) is 33.4. The second-order valence-corrected chi connectivity index (χ2v) is 22.1. The Morgan fingerprint density at radius 2 is 0.565 bits per heavy atom. The summed E-state index contributed by atoms with van der Waals surface area (Å²) in [5.74, 6) is 3.44. The minimum Gasteiger partial charge on any atom is -0.482 e. The molecule has 0 radical (unpaired) electrons. The van der Waals surface area contributed by atoms with Gasteiger partial charge in [0.2, 0.25) is 23.0 Å². The van der Waals surface area contributed by atoms with Gasteiger partial charge in [0, 0.05) is 11.1 Å². The quantitative estimate of drug-likeness (QED) is 0.0229. The molecular weight excluding hydrogens is 1410 g/mol. The first-order valence-electron chi connectivity index (χ1n) is 33.4. The smallest absolute Gasteiger partial charge is 0.361 e. The van der Waals surface area contributed by atoms with Gasteiger partial charge in [-0.2, -0.15) is 0 Å². The second-order valence-electron chi connectivity index (χ2n) is 22.1. The van der Waals surface area contributed by atoms with Crippen LogP contribution >= 0.6 is 0 Å². The largest absolute Gasteiger partial charge is 0.482 e. The van der Waals surface area contributed by atoms with Crippen LogP contribution in [-0.4, -0.2) is 115 Å². The van der Waals surface area contributed by atoms with Crippen molar-refractivity contribution in [3.63, 3.8) is 0 Å². The van der Waals surface area contributed by atoms with Crippen LogP contribution in [0.4, 0.5) is 0 Å². The number of hydrogen-bond donors (Lipinski definition) is 0. The normalized spacial score (nSPS) is 14.5. The standard InChI is InChI=1S/2C21H20O8.2C19H18O6/c1-4-24-21-28-17-7-5-6-16(19(17)29-21)25-12-18(22)26-14-8-10-15(11-9-14)27-20(23)13(2)3;1-4-24-21-28-17-7-5-6-16(19(17)29-21)27-18(22)12-25-14-8-10-15(11-9-14)26-20(23)13(2)3;1-3-13-8-10-14(11-9-13)23-17(20)12-22-15-6-5-7-16-18(15)25-19(24-16)21-4-2;1-3-13-8-10-14(11-9-13)22-12-17(20)23-15-6-5-7-16-18(15)25-19(24-16)21-4-2/h2*5-11,21H,2,4,12H2,1,3H3;2*3,5-11,19H,1,4,12H2,2H3. The molecule has 4 atom stereocenters. The van der Waals surface area contributed by atoms with Crippen molar-refractivity contribution < 1.29 is 133 Å². The minimum atomic E-state index is -0.872. The summed E-state index contributed by atoms with van der Waals surface area (Å²) in [4.78, 5) is 71.1. The summed E-state index contributed by atoms with van der Waals surface area (Å²) in [6.45, 7) is 22.0.